The van der Waals surface area contributed by atoms with Crippen molar-refractivity contribution in [3.63, 3.8) is 0 Å². The molecule has 0 aliphatic carbocycles. The van der Waals surface area contributed by atoms with E-state index < -0.39 is 9.68 Å². The van der Waals surface area contributed by atoms with E-state index in [4.69, 9.17) is 4.74 Å². The molecule has 4 nitrogen and oxygen atoms in total. The standard InChI is InChI=1S/C20H22N2O2Si/c1-21-14-19(17-7-2-3-8-18(17)20(21)23)15-5-4-6-16(13-15)25-22-9-11-24-12-10-22/h2-8,13-14H,9-12,25H2,1H3. The third kappa shape index (κ3) is 3.31. The van der Waals surface area contributed by atoms with Gasteiger partial charge in [-0.2, -0.15) is 0 Å². The zero-order chi connectivity index (χ0) is 17.2. The van der Waals surface area contributed by atoms with E-state index in [1.807, 2.05) is 37.5 Å². The number of hydrogen-bond donors (Lipinski definition) is 0. The van der Waals surface area contributed by atoms with E-state index in [2.05, 4.69) is 28.8 Å². The van der Waals surface area contributed by atoms with Gasteiger partial charge in [-0.15, -0.1) is 0 Å². The van der Waals surface area contributed by atoms with Crippen LogP contribution >= 0.6 is 0 Å². The molecule has 25 heavy (non-hydrogen) atoms. The van der Waals surface area contributed by atoms with Crippen molar-refractivity contribution in [3.05, 3.63) is 65.1 Å². The van der Waals surface area contributed by atoms with Gasteiger partial charge in [-0.05, 0) is 22.2 Å². The van der Waals surface area contributed by atoms with E-state index in [1.165, 1.54) is 10.8 Å². The number of hydrogen-bond acceptors (Lipinski definition) is 3. The van der Waals surface area contributed by atoms with E-state index in [9.17, 15) is 4.79 Å². The number of benzene rings is 2. The molecular weight excluding hydrogens is 328 g/mol. The van der Waals surface area contributed by atoms with Crippen molar-refractivity contribution in [3.8, 4) is 11.1 Å². The molecule has 4 rings (SSSR count). The zero-order valence-corrected chi connectivity index (χ0v) is 15.9. The Hall–Kier alpha value is -2.21. The Kier molecular flexibility index (Phi) is 4.53. The average molecular weight is 350 g/mol. The Morgan fingerprint density at radius 2 is 1.76 bits per heavy atom. The molecule has 1 saturated heterocycles. The number of aryl methyl sites for hydroxylation is 1. The lowest BCUT2D eigenvalue weighted by Gasteiger charge is -2.26. The molecule has 2 heterocycles. The third-order valence-corrected chi connectivity index (χ3v) is 6.72. The van der Waals surface area contributed by atoms with E-state index in [0.717, 1.165) is 42.6 Å². The number of morpholine rings is 1. The zero-order valence-electron chi connectivity index (χ0n) is 14.4. The maximum atomic E-state index is 12.4. The summed E-state index contributed by atoms with van der Waals surface area (Å²) < 4.78 is 9.69. The Morgan fingerprint density at radius 3 is 2.56 bits per heavy atom. The first-order valence-electron chi connectivity index (χ1n) is 8.70. The topological polar surface area (TPSA) is 34.5 Å². The minimum Gasteiger partial charge on any atom is -0.379 e. The molecule has 0 N–H and O–H groups in total. The fourth-order valence-corrected chi connectivity index (χ4v) is 5.14. The van der Waals surface area contributed by atoms with Crippen molar-refractivity contribution < 1.29 is 4.74 Å². The summed E-state index contributed by atoms with van der Waals surface area (Å²) in [5.74, 6) is 0. The minimum absolute atomic E-state index is 0.0539. The molecule has 0 spiro atoms. The van der Waals surface area contributed by atoms with Crippen LogP contribution in [0.2, 0.25) is 0 Å². The number of aromatic nitrogens is 1. The summed E-state index contributed by atoms with van der Waals surface area (Å²) in [6, 6.07) is 16.7. The van der Waals surface area contributed by atoms with Gasteiger partial charge in [-0.3, -0.25) is 4.79 Å². The van der Waals surface area contributed by atoms with Gasteiger partial charge >= 0.3 is 0 Å². The average Bonchev–Trinajstić information content (AvgIpc) is 2.66. The Bertz CT molecular complexity index is 961. The van der Waals surface area contributed by atoms with Crippen molar-refractivity contribution in [2.45, 2.75) is 0 Å². The molecule has 1 aliphatic rings. The van der Waals surface area contributed by atoms with E-state index >= 15 is 0 Å². The summed E-state index contributed by atoms with van der Waals surface area (Å²) in [5, 5.41) is 3.23. The molecule has 0 atom stereocenters. The molecule has 0 amide bonds. The largest absolute Gasteiger partial charge is 0.379 e. The highest BCUT2D eigenvalue weighted by molar-refractivity contribution is 6.50. The van der Waals surface area contributed by atoms with Gasteiger partial charge in [0, 0.05) is 37.3 Å². The molecular formula is C20H22N2O2Si. The Labute approximate surface area is 149 Å². The maximum Gasteiger partial charge on any atom is 0.258 e. The normalized spacial score (nSPS) is 16.0. The Morgan fingerprint density at radius 1 is 1.00 bits per heavy atom. The van der Waals surface area contributed by atoms with Crippen LogP contribution in [0.3, 0.4) is 0 Å². The summed E-state index contributed by atoms with van der Waals surface area (Å²) in [7, 11) is 1.36. The van der Waals surface area contributed by atoms with Gasteiger partial charge in [0.1, 0.15) is 9.68 Å². The molecule has 3 aromatic rings. The Balaban J connectivity index is 1.75. The van der Waals surface area contributed by atoms with Gasteiger partial charge < -0.3 is 13.9 Å². The van der Waals surface area contributed by atoms with Crippen molar-refractivity contribution in [1.82, 2.24) is 9.13 Å². The van der Waals surface area contributed by atoms with Gasteiger partial charge in [-0.1, -0.05) is 42.5 Å². The van der Waals surface area contributed by atoms with Gasteiger partial charge in [0.05, 0.1) is 13.2 Å². The second kappa shape index (κ2) is 6.96. The van der Waals surface area contributed by atoms with Gasteiger partial charge in [0.2, 0.25) is 0 Å². The molecule has 128 valence electrons. The number of nitrogens with zero attached hydrogens (tertiary/aromatic N) is 2. The summed E-state index contributed by atoms with van der Waals surface area (Å²) >= 11 is 0. The predicted octanol–water partition coefficient (Wildman–Crippen LogP) is 1.25. The van der Waals surface area contributed by atoms with Crippen LogP contribution < -0.4 is 10.7 Å². The molecule has 2 aromatic carbocycles. The first-order chi connectivity index (χ1) is 12.2. The highest BCUT2D eigenvalue weighted by Gasteiger charge is 2.13. The van der Waals surface area contributed by atoms with Crippen molar-refractivity contribution in [2.75, 3.05) is 26.3 Å². The molecule has 0 unspecified atom stereocenters. The lowest BCUT2D eigenvalue weighted by atomic mass is 10.0. The summed E-state index contributed by atoms with van der Waals surface area (Å²) in [5.41, 5.74) is 2.36. The van der Waals surface area contributed by atoms with Crippen LogP contribution in [0.25, 0.3) is 21.9 Å². The van der Waals surface area contributed by atoms with Crippen LogP contribution in [-0.4, -0.2) is 45.1 Å². The molecule has 5 heteroatoms. The number of fused-ring (bicyclic) bond motifs is 1. The highest BCUT2D eigenvalue weighted by Crippen LogP contribution is 2.25. The molecule has 0 radical (unpaired) electrons. The minimum atomic E-state index is -0.468. The highest BCUT2D eigenvalue weighted by atomic mass is 28.2. The van der Waals surface area contributed by atoms with E-state index in [1.54, 1.807) is 4.57 Å². The smallest absolute Gasteiger partial charge is 0.258 e. The second-order valence-electron chi connectivity index (χ2n) is 6.59. The van der Waals surface area contributed by atoms with Crippen LogP contribution in [0.15, 0.2) is 59.5 Å². The van der Waals surface area contributed by atoms with Gasteiger partial charge in [-0.25, -0.2) is 0 Å². The summed E-state index contributed by atoms with van der Waals surface area (Å²) in [6.07, 6.45) is 1.96. The fourth-order valence-electron chi connectivity index (χ4n) is 3.50. The SMILES string of the molecule is Cn1cc(-c2cccc([SiH2]N3CCOCC3)c2)c2ccccc2c1=O. The molecule has 0 saturated carbocycles. The molecule has 1 aromatic heterocycles. The first kappa shape index (κ1) is 16.3. The maximum absolute atomic E-state index is 12.4. The molecule has 1 aliphatic heterocycles. The van der Waals surface area contributed by atoms with Crippen molar-refractivity contribution in [2.24, 2.45) is 7.05 Å². The second-order valence-corrected chi connectivity index (χ2v) is 8.62. The van der Waals surface area contributed by atoms with Crippen molar-refractivity contribution >= 4 is 25.6 Å². The van der Waals surface area contributed by atoms with Crippen molar-refractivity contribution in [1.29, 1.82) is 0 Å². The fraction of sp³-hybridized carbons (Fsp3) is 0.250. The number of rotatable bonds is 3. The van der Waals surface area contributed by atoms with Gasteiger partial charge in [0.15, 0.2) is 0 Å². The van der Waals surface area contributed by atoms with Crippen LogP contribution in [0.5, 0.6) is 0 Å². The monoisotopic (exact) mass is 350 g/mol. The van der Waals surface area contributed by atoms with Crippen LogP contribution in [-0.2, 0) is 11.8 Å². The summed E-state index contributed by atoms with van der Waals surface area (Å²) in [4.78, 5) is 12.4. The molecule has 1 fully saturated rings. The van der Waals surface area contributed by atoms with E-state index in [0.29, 0.717) is 0 Å². The first-order valence-corrected chi connectivity index (χ1v) is 10.0. The van der Waals surface area contributed by atoms with Crippen LogP contribution in [0.1, 0.15) is 0 Å². The van der Waals surface area contributed by atoms with Crippen LogP contribution in [0, 0.1) is 0 Å². The molecule has 0 bridgehead atoms. The lowest BCUT2D eigenvalue weighted by Crippen LogP contribution is -2.43. The number of ether oxygens (including phenoxy) is 1. The number of pyridine rings is 1. The van der Waals surface area contributed by atoms with Gasteiger partial charge in [0.25, 0.3) is 5.56 Å². The summed E-state index contributed by atoms with van der Waals surface area (Å²) in [6.45, 7) is 3.77. The quantitative estimate of drug-likeness (QED) is 0.667. The van der Waals surface area contributed by atoms with Crippen LogP contribution in [0.4, 0.5) is 0 Å². The third-order valence-electron chi connectivity index (χ3n) is 4.84. The predicted molar refractivity (Wildman–Crippen MR) is 105 cm³/mol. The lowest BCUT2D eigenvalue weighted by molar-refractivity contribution is 0.0730. The van der Waals surface area contributed by atoms with E-state index in [-0.39, 0.29) is 5.56 Å².